The number of carbonyl (C=O) groups excluding carboxylic acids is 1. The van der Waals surface area contributed by atoms with E-state index >= 15 is 0 Å². The molecule has 1 fully saturated rings. The van der Waals surface area contributed by atoms with Gasteiger partial charge in [-0.05, 0) is 22.0 Å². The average Bonchev–Trinajstić information content (AvgIpc) is 2.83. The van der Waals surface area contributed by atoms with Crippen LogP contribution in [0.25, 0.3) is 0 Å². The molecule has 1 amide bonds. The van der Waals surface area contributed by atoms with E-state index in [4.69, 9.17) is 5.11 Å². The summed E-state index contributed by atoms with van der Waals surface area (Å²) in [6.07, 6.45) is -0.672. The Morgan fingerprint density at radius 2 is 2.24 bits per heavy atom. The molecule has 0 radical (unpaired) electrons. The van der Waals surface area contributed by atoms with Crippen LogP contribution in [0.2, 0.25) is 0 Å². The minimum Gasteiger partial charge on any atom is -0.480 e. The summed E-state index contributed by atoms with van der Waals surface area (Å²) in [6, 6.07) is 0.715. The fourth-order valence-electron chi connectivity index (χ4n) is 1.86. The molecule has 0 spiro atoms. The second-order valence-corrected chi connectivity index (χ2v) is 6.13. The summed E-state index contributed by atoms with van der Waals surface area (Å²) in [6.45, 7) is 0.0727. The summed E-state index contributed by atoms with van der Waals surface area (Å²) in [7, 11) is 0. The van der Waals surface area contributed by atoms with Gasteiger partial charge in [-0.3, -0.25) is 4.79 Å². The molecule has 2 N–H and O–H groups in total. The van der Waals surface area contributed by atoms with Crippen molar-refractivity contribution in [2.75, 3.05) is 6.54 Å². The third-order valence-electron chi connectivity index (χ3n) is 2.64. The normalized spacial score (nSPS) is 24.0. The Bertz CT molecular complexity index is 461. The fraction of sp³-hybridized carbons (Fsp3) is 0.400. The van der Waals surface area contributed by atoms with E-state index in [2.05, 4.69) is 15.9 Å². The first kappa shape index (κ1) is 12.5. The predicted molar refractivity (Wildman–Crippen MR) is 65.1 cm³/mol. The fourth-order valence-corrected chi connectivity index (χ4v) is 2.99. The summed E-state index contributed by atoms with van der Waals surface area (Å²) in [5.41, 5.74) is 0.447. The van der Waals surface area contributed by atoms with Gasteiger partial charge in [0.2, 0.25) is 0 Å². The number of aliphatic carboxylic acids is 1. The Balaban J connectivity index is 2.21. The first-order chi connectivity index (χ1) is 7.99. The van der Waals surface area contributed by atoms with Crippen molar-refractivity contribution in [1.29, 1.82) is 0 Å². The molecule has 2 atom stereocenters. The highest BCUT2D eigenvalue weighted by atomic mass is 79.9. The van der Waals surface area contributed by atoms with Gasteiger partial charge in [0.05, 0.1) is 15.5 Å². The lowest BCUT2D eigenvalue weighted by atomic mass is 10.2. The highest BCUT2D eigenvalue weighted by Crippen LogP contribution is 2.25. The van der Waals surface area contributed by atoms with Gasteiger partial charge in [0.1, 0.15) is 6.04 Å². The van der Waals surface area contributed by atoms with Crippen LogP contribution in [0.3, 0.4) is 0 Å². The third kappa shape index (κ3) is 2.51. The third-order valence-corrected chi connectivity index (χ3v) is 4.14. The van der Waals surface area contributed by atoms with Gasteiger partial charge in [-0.25, -0.2) is 4.79 Å². The van der Waals surface area contributed by atoms with Gasteiger partial charge in [-0.1, -0.05) is 0 Å². The molecule has 7 heteroatoms. The first-order valence-electron chi connectivity index (χ1n) is 4.95. The number of likely N-dealkylation sites (tertiary alicyclic amines) is 1. The predicted octanol–water partition coefficient (Wildman–Crippen LogP) is 1.17. The summed E-state index contributed by atoms with van der Waals surface area (Å²) in [5, 5.41) is 20.1. The summed E-state index contributed by atoms with van der Waals surface area (Å²) in [5.74, 6) is -1.43. The second-order valence-electron chi connectivity index (χ2n) is 3.84. The number of carboxylic acids is 1. The van der Waals surface area contributed by atoms with Crippen molar-refractivity contribution in [3.05, 3.63) is 20.8 Å². The number of carbonyl (C=O) groups is 2. The molecule has 0 bridgehead atoms. The number of carboxylic acid groups (broad SMARTS) is 1. The Morgan fingerprint density at radius 1 is 1.53 bits per heavy atom. The van der Waals surface area contributed by atoms with Crippen LogP contribution in [0.15, 0.2) is 15.2 Å². The molecule has 1 aromatic rings. The molecule has 1 saturated heterocycles. The van der Waals surface area contributed by atoms with Crippen molar-refractivity contribution in [3.63, 3.8) is 0 Å². The van der Waals surface area contributed by atoms with Crippen molar-refractivity contribution in [1.82, 2.24) is 4.90 Å². The molecule has 5 nitrogen and oxygen atoms in total. The number of amides is 1. The SMILES string of the molecule is O=C(O)[C@@H]1C[C@H](O)CN1C(=O)c1csc(Br)c1. The van der Waals surface area contributed by atoms with E-state index in [0.717, 1.165) is 3.79 Å². The quantitative estimate of drug-likeness (QED) is 0.857. The van der Waals surface area contributed by atoms with Gasteiger partial charge < -0.3 is 15.1 Å². The van der Waals surface area contributed by atoms with Crippen LogP contribution in [0, 0.1) is 0 Å². The average molecular weight is 320 g/mol. The monoisotopic (exact) mass is 319 g/mol. The molecule has 2 heterocycles. The maximum absolute atomic E-state index is 12.1. The number of halogens is 1. The van der Waals surface area contributed by atoms with Crippen LogP contribution >= 0.6 is 27.3 Å². The lowest BCUT2D eigenvalue weighted by Crippen LogP contribution is -2.40. The minimum atomic E-state index is -1.08. The van der Waals surface area contributed by atoms with Crippen LogP contribution in [-0.4, -0.2) is 45.7 Å². The van der Waals surface area contributed by atoms with E-state index in [1.165, 1.54) is 16.2 Å². The maximum atomic E-state index is 12.1. The molecular formula is C10H10BrNO4S. The summed E-state index contributed by atoms with van der Waals surface area (Å²) < 4.78 is 0.812. The zero-order valence-corrected chi connectivity index (χ0v) is 11.1. The van der Waals surface area contributed by atoms with Crippen LogP contribution in [-0.2, 0) is 4.79 Å². The largest absolute Gasteiger partial charge is 0.480 e. The van der Waals surface area contributed by atoms with E-state index in [1.807, 2.05) is 0 Å². The number of hydrogen-bond donors (Lipinski definition) is 2. The topological polar surface area (TPSA) is 77.8 Å². The molecule has 92 valence electrons. The Morgan fingerprint density at radius 3 is 2.76 bits per heavy atom. The van der Waals surface area contributed by atoms with Gasteiger partial charge in [0, 0.05) is 18.3 Å². The summed E-state index contributed by atoms with van der Waals surface area (Å²) in [4.78, 5) is 24.3. The van der Waals surface area contributed by atoms with Crippen molar-refractivity contribution in [2.45, 2.75) is 18.6 Å². The zero-order chi connectivity index (χ0) is 12.6. The van der Waals surface area contributed by atoms with Gasteiger partial charge >= 0.3 is 5.97 Å². The van der Waals surface area contributed by atoms with E-state index in [9.17, 15) is 14.7 Å². The molecule has 0 aliphatic carbocycles. The molecule has 2 rings (SSSR count). The van der Waals surface area contributed by atoms with Gasteiger partial charge in [-0.15, -0.1) is 11.3 Å². The lowest BCUT2D eigenvalue weighted by Gasteiger charge is -2.20. The standard InChI is InChI=1S/C10H10BrNO4S/c11-8-1-5(4-17-8)9(14)12-3-6(13)2-7(12)10(15)16/h1,4,6-7,13H,2-3H2,(H,15,16)/t6-,7-/m0/s1. The van der Waals surface area contributed by atoms with Crippen LogP contribution in [0.1, 0.15) is 16.8 Å². The smallest absolute Gasteiger partial charge is 0.326 e. The second kappa shape index (κ2) is 4.75. The lowest BCUT2D eigenvalue weighted by molar-refractivity contribution is -0.141. The Kier molecular flexibility index (Phi) is 3.50. The maximum Gasteiger partial charge on any atom is 0.326 e. The van der Waals surface area contributed by atoms with Gasteiger partial charge in [0.15, 0.2) is 0 Å². The number of aliphatic hydroxyl groups is 1. The highest BCUT2D eigenvalue weighted by Gasteiger charge is 2.39. The number of thiophene rings is 1. The van der Waals surface area contributed by atoms with E-state index in [0.29, 0.717) is 5.56 Å². The minimum absolute atomic E-state index is 0.0727. The van der Waals surface area contributed by atoms with Gasteiger partial charge in [-0.2, -0.15) is 0 Å². The van der Waals surface area contributed by atoms with Gasteiger partial charge in [0.25, 0.3) is 5.91 Å². The molecule has 1 aromatic heterocycles. The summed E-state index contributed by atoms with van der Waals surface area (Å²) >= 11 is 4.61. The Labute approximate surface area is 110 Å². The Hall–Kier alpha value is -0.920. The van der Waals surface area contributed by atoms with E-state index in [-0.39, 0.29) is 18.9 Å². The van der Waals surface area contributed by atoms with Crippen LogP contribution < -0.4 is 0 Å². The highest BCUT2D eigenvalue weighted by molar-refractivity contribution is 9.11. The van der Waals surface area contributed by atoms with E-state index < -0.39 is 18.1 Å². The van der Waals surface area contributed by atoms with Crippen molar-refractivity contribution >= 4 is 39.1 Å². The molecule has 0 saturated carbocycles. The molecule has 0 aromatic carbocycles. The molecule has 0 unspecified atom stereocenters. The van der Waals surface area contributed by atoms with Crippen LogP contribution in [0.5, 0.6) is 0 Å². The van der Waals surface area contributed by atoms with E-state index in [1.54, 1.807) is 11.4 Å². The molecule has 1 aliphatic heterocycles. The van der Waals surface area contributed by atoms with Crippen molar-refractivity contribution < 1.29 is 19.8 Å². The zero-order valence-electron chi connectivity index (χ0n) is 8.67. The molecular weight excluding hydrogens is 310 g/mol. The first-order valence-corrected chi connectivity index (χ1v) is 6.62. The number of aliphatic hydroxyl groups excluding tert-OH is 1. The molecule has 17 heavy (non-hydrogen) atoms. The number of hydrogen-bond acceptors (Lipinski definition) is 4. The van der Waals surface area contributed by atoms with Crippen molar-refractivity contribution in [2.24, 2.45) is 0 Å². The van der Waals surface area contributed by atoms with Crippen molar-refractivity contribution in [3.8, 4) is 0 Å². The number of nitrogens with zero attached hydrogens (tertiary/aromatic N) is 1. The number of rotatable bonds is 2. The van der Waals surface area contributed by atoms with Crippen LogP contribution in [0.4, 0.5) is 0 Å². The number of β-amino-alcohol motifs (C(OH)–C–C–N with tert-alkyl or cyclic N) is 1. The molecule has 1 aliphatic rings.